The second kappa shape index (κ2) is 13.2. The van der Waals surface area contributed by atoms with Gasteiger partial charge in [-0.25, -0.2) is 0 Å². The van der Waals surface area contributed by atoms with Gasteiger partial charge in [0.25, 0.3) is 0 Å². The minimum absolute atomic E-state index is 0.170. The second-order valence-corrected chi connectivity index (χ2v) is 17.2. The molecule has 0 N–H and O–H groups in total. The maximum Gasteiger partial charge on any atom is 0.0720 e. The Balaban J connectivity index is 1.27. The molecule has 3 heteroatoms. The summed E-state index contributed by atoms with van der Waals surface area (Å²) in [6.45, 7) is 0. The highest BCUT2D eigenvalue weighted by molar-refractivity contribution is 7.79. The van der Waals surface area contributed by atoms with Crippen LogP contribution in [0.15, 0.2) is 79.0 Å². The lowest BCUT2D eigenvalue weighted by Crippen LogP contribution is -2.30. The SMILES string of the molecule is c1ccc(P(c2cccc(C3CCCC(P(C4CCCCC4)C4CCCCC4)C3)c2)c2ccccn2)cc1. The molecule has 1 heterocycles. The number of rotatable bonds is 7. The lowest BCUT2D eigenvalue weighted by molar-refractivity contribution is 0.430. The van der Waals surface area contributed by atoms with Crippen LogP contribution >= 0.6 is 15.8 Å². The fourth-order valence-corrected chi connectivity index (χ4v) is 14.7. The molecule has 0 aliphatic heterocycles. The molecule has 6 rings (SSSR count). The molecule has 3 aromatic rings. The third-order valence-corrected chi connectivity index (χ3v) is 15.9. The van der Waals surface area contributed by atoms with Crippen molar-refractivity contribution in [3.8, 4) is 0 Å². The van der Waals surface area contributed by atoms with Gasteiger partial charge in [-0.3, -0.25) is 4.98 Å². The van der Waals surface area contributed by atoms with E-state index in [-0.39, 0.29) is 7.92 Å². The van der Waals surface area contributed by atoms with Crippen LogP contribution in [0.3, 0.4) is 0 Å². The zero-order valence-corrected chi connectivity index (χ0v) is 24.8. The van der Waals surface area contributed by atoms with Crippen molar-refractivity contribution >= 4 is 31.9 Å². The van der Waals surface area contributed by atoms with Crippen molar-refractivity contribution in [1.82, 2.24) is 4.98 Å². The number of hydrogen-bond acceptors (Lipinski definition) is 1. The number of pyridine rings is 1. The molecule has 3 aliphatic carbocycles. The Morgan fingerprint density at radius 2 is 1.21 bits per heavy atom. The highest BCUT2D eigenvalue weighted by atomic mass is 31.1. The first-order valence-corrected chi connectivity index (χ1v) is 18.4. The highest BCUT2D eigenvalue weighted by Crippen LogP contribution is 2.62. The van der Waals surface area contributed by atoms with Crippen molar-refractivity contribution in [1.29, 1.82) is 0 Å². The van der Waals surface area contributed by atoms with Crippen LogP contribution in [0.5, 0.6) is 0 Å². The van der Waals surface area contributed by atoms with Gasteiger partial charge in [0, 0.05) is 14.1 Å². The van der Waals surface area contributed by atoms with E-state index in [4.69, 9.17) is 4.98 Å². The number of benzene rings is 2. The van der Waals surface area contributed by atoms with Gasteiger partial charge >= 0.3 is 0 Å². The molecule has 3 fully saturated rings. The molecule has 3 saturated carbocycles. The Morgan fingerprint density at radius 1 is 0.553 bits per heavy atom. The lowest BCUT2D eigenvalue weighted by atomic mass is 9.84. The van der Waals surface area contributed by atoms with Crippen LogP contribution in [-0.4, -0.2) is 22.0 Å². The summed E-state index contributed by atoms with van der Waals surface area (Å²) in [4.78, 5) is 4.84. The van der Waals surface area contributed by atoms with Crippen LogP contribution in [-0.2, 0) is 0 Å². The molecule has 0 bridgehead atoms. The molecule has 200 valence electrons. The van der Waals surface area contributed by atoms with Gasteiger partial charge in [-0.1, -0.05) is 114 Å². The molecule has 0 saturated heterocycles. The van der Waals surface area contributed by atoms with E-state index in [1.54, 1.807) is 31.2 Å². The van der Waals surface area contributed by atoms with Gasteiger partial charge < -0.3 is 0 Å². The Hall–Kier alpha value is -1.55. The molecule has 3 aliphatic rings. The third-order valence-electron chi connectivity index (χ3n) is 9.55. The second-order valence-electron chi connectivity index (χ2n) is 12.0. The third kappa shape index (κ3) is 6.26. The molecule has 1 aromatic heterocycles. The maximum atomic E-state index is 4.84. The molecule has 0 amide bonds. The van der Waals surface area contributed by atoms with Gasteiger partial charge in [-0.2, -0.15) is 0 Å². The van der Waals surface area contributed by atoms with Gasteiger partial charge in [0.2, 0.25) is 0 Å². The minimum Gasteiger partial charge on any atom is -0.256 e. The molecule has 2 aromatic carbocycles. The largest absolute Gasteiger partial charge is 0.256 e. The summed E-state index contributed by atoms with van der Waals surface area (Å²) in [5.41, 5.74) is 5.98. The lowest BCUT2D eigenvalue weighted by Gasteiger charge is -2.46. The van der Waals surface area contributed by atoms with Crippen LogP contribution in [0.4, 0.5) is 0 Å². The van der Waals surface area contributed by atoms with E-state index in [9.17, 15) is 0 Å². The fourth-order valence-electron chi connectivity index (χ4n) is 7.78. The summed E-state index contributed by atoms with van der Waals surface area (Å²) in [5, 5.41) is 2.87. The number of nitrogens with zero attached hydrogens (tertiary/aromatic N) is 1. The van der Waals surface area contributed by atoms with Crippen LogP contribution < -0.4 is 16.0 Å². The van der Waals surface area contributed by atoms with E-state index in [2.05, 4.69) is 66.7 Å². The Kier molecular flexibility index (Phi) is 9.26. The maximum absolute atomic E-state index is 4.84. The predicted octanol–water partition coefficient (Wildman–Crippen LogP) is 9.01. The molecule has 0 spiro atoms. The average molecular weight is 542 g/mol. The van der Waals surface area contributed by atoms with Crippen molar-refractivity contribution < 1.29 is 0 Å². The van der Waals surface area contributed by atoms with Crippen LogP contribution in [0.1, 0.15) is 101 Å². The summed E-state index contributed by atoms with van der Waals surface area (Å²) in [6.07, 6.45) is 22.9. The zero-order valence-electron chi connectivity index (χ0n) is 23.1. The van der Waals surface area contributed by atoms with Gasteiger partial charge in [-0.05, 0) is 96.1 Å². The molecular weight excluding hydrogens is 496 g/mol. The van der Waals surface area contributed by atoms with E-state index in [0.717, 1.165) is 22.9 Å². The summed E-state index contributed by atoms with van der Waals surface area (Å²) in [6, 6.07) is 27.3. The molecule has 38 heavy (non-hydrogen) atoms. The summed E-state index contributed by atoms with van der Waals surface area (Å²) in [7, 11) is -0.465. The zero-order chi connectivity index (χ0) is 25.6. The first-order valence-electron chi connectivity index (χ1n) is 15.5. The predicted molar refractivity (Wildman–Crippen MR) is 169 cm³/mol. The highest BCUT2D eigenvalue weighted by Gasteiger charge is 2.38. The minimum atomic E-state index is -0.634. The van der Waals surface area contributed by atoms with Crippen molar-refractivity contribution in [2.24, 2.45) is 0 Å². The van der Waals surface area contributed by atoms with E-state index in [1.807, 2.05) is 12.3 Å². The van der Waals surface area contributed by atoms with Gasteiger partial charge in [0.05, 0.1) is 5.44 Å². The molecule has 3 unspecified atom stereocenters. The first kappa shape index (κ1) is 26.7. The molecular formula is C35H45NP2. The molecule has 3 atom stereocenters. The van der Waals surface area contributed by atoms with Crippen LogP contribution in [0, 0.1) is 0 Å². The van der Waals surface area contributed by atoms with Gasteiger partial charge in [0.1, 0.15) is 0 Å². The normalized spacial score (nSPS) is 24.3. The number of aromatic nitrogens is 1. The Morgan fingerprint density at radius 3 is 1.89 bits per heavy atom. The molecule has 1 nitrogen and oxygen atoms in total. The Labute approximate surface area is 233 Å². The Bertz CT molecular complexity index is 1060. The molecule has 0 radical (unpaired) electrons. The van der Waals surface area contributed by atoms with Crippen molar-refractivity contribution in [2.45, 2.75) is 113 Å². The smallest absolute Gasteiger partial charge is 0.0720 e. The van der Waals surface area contributed by atoms with E-state index in [1.165, 1.54) is 80.3 Å². The topological polar surface area (TPSA) is 12.9 Å². The first-order chi connectivity index (χ1) is 18.9. The average Bonchev–Trinajstić information content (AvgIpc) is 3.00. The summed E-state index contributed by atoms with van der Waals surface area (Å²) in [5.74, 6) is 0.738. The number of hydrogen-bond donors (Lipinski definition) is 0. The monoisotopic (exact) mass is 541 g/mol. The quantitative estimate of drug-likeness (QED) is 0.272. The van der Waals surface area contributed by atoms with Crippen LogP contribution in [0.2, 0.25) is 0 Å². The van der Waals surface area contributed by atoms with Crippen molar-refractivity contribution in [2.75, 3.05) is 0 Å². The van der Waals surface area contributed by atoms with Crippen LogP contribution in [0.25, 0.3) is 0 Å². The summed E-state index contributed by atoms with van der Waals surface area (Å²) < 4.78 is 0. The fraction of sp³-hybridized carbons (Fsp3) is 0.514. The van der Waals surface area contributed by atoms with E-state index >= 15 is 0 Å². The van der Waals surface area contributed by atoms with Gasteiger partial charge in [-0.15, -0.1) is 0 Å². The van der Waals surface area contributed by atoms with Crippen molar-refractivity contribution in [3.05, 3.63) is 84.6 Å². The van der Waals surface area contributed by atoms with Crippen molar-refractivity contribution in [3.63, 3.8) is 0 Å². The van der Waals surface area contributed by atoms with E-state index in [0.29, 0.717) is 0 Å². The standard InChI is InChI=1S/C35H45NP2/c1-4-16-30(17-5-1)37(31-18-6-2-7-19-31)33-22-12-14-28(26-33)29-15-13-23-34(27-29)38(32-20-8-3-9-21-32)35-24-10-11-25-36-35/h3,8-11,13,15,20-21,23-25,27-28,30-31,33H,1-2,4-7,12,14,16-19,22,26H2. The summed E-state index contributed by atoms with van der Waals surface area (Å²) >= 11 is 0. The van der Waals surface area contributed by atoms with Gasteiger partial charge in [0.15, 0.2) is 0 Å². The van der Waals surface area contributed by atoms with E-state index < -0.39 is 7.92 Å².